The molecule has 0 spiro atoms. The summed E-state index contributed by atoms with van der Waals surface area (Å²) in [6.45, 7) is -0.0339. The average Bonchev–Trinajstić information content (AvgIpc) is 2.91. The minimum Gasteiger partial charge on any atom is -0.393 e. The zero-order chi connectivity index (χ0) is 15.5. The third-order valence-electron chi connectivity index (χ3n) is 2.55. The van der Waals surface area contributed by atoms with E-state index in [1.165, 1.54) is 12.1 Å². The lowest BCUT2D eigenvalue weighted by Gasteiger charge is -2.07. The number of nitrogens with zero attached hydrogens (tertiary/aromatic N) is 3. The number of nitro benzene ring substituents is 1. The molecule has 0 amide bonds. The average molecular weight is 313 g/mol. The van der Waals surface area contributed by atoms with Crippen LogP contribution in [0.1, 0.15) is 5.82 Å². The van der Waals surface area contributed by atoms with Gasteiger partial charge in [-0.25, -0.2) is 13.1 Å². The van der Waals surface area contributed by atoms with Crippen molar-refractivity contribution < 1.29 is 17.9 Å². The van der Waals surface area contributed by atoms with Gasteiger partial charge in [-0.1, -0.05) is 11.2 Å². The molecule has 10 nitrogen and oxygen atoms in total. The molecule has 112 valence electrons. The summed E-state index contributed by atoms with van der Waals surface area (Å²) in [5.41, 5.74) is 4.59. The van der Waals surface area contributed by atoms with Crippen LogP contribution in [0.25, 0.3) is 0 Å². The fourth-order valence-corrected chi connectivity index (χ4v) is 2.86. The van der Waals surface area contributed by atoms with E-state index >= 15 is 0 Å². The second-order valence-corrected chi connectivity index (χ2v) is 5.68. The summed E-state index contributed by atoms with van der Waals surface area (Å²) in [7, 11) is -4.07. The Hall–Kier alpha value is -2.53. The fourth-order valence-electron chi connectivity index (χ4n) is 1.63. The van der Waals surface area contributed by atoms with Crippen LogP contribution in [0.4, 0.5) is 11.4 Å². The summed E-state index contributed by atoms with van der Waals surface area (Å²) < 4.78 is 30.9. The maximum absolute atomic E-state index is 12.1. The topological polar surface area (TPSA) is 154 Å². The van der Waals surface area contributed by atoms with Crippen molar-refractivity contribution in [3.63, 3.8) is 0 Å². The number of nitro groups is 1. The predicted octanol–water partition coefficient (Wildman–Crippen LogP) is 0.0810. The largest absolute Gasteiger partial charge is 0.393 e. The van der Waals surface area contributed by atoms with E-state index in [1.807, 2.05) is 0 Å². The minimum atomic E-state index is -4.07. The quantitative estimate of drug-likeness (QED) is 0.431. The number of nitrogen functional groups attached to an aromatic ring is 1. The van der Waals surface area contributed by atoms with Crippen molar-refractivity contribution in [2.45, 2.75) is 11.3 Å². The number of sulfonamides is 1. The molecule has 0 unspecified atom stereocenters. The highest BCUT2D eigenvalue weighted by atomic mass is 32.2. The molecule has 1 aromatic heterocycles. The molecule has 1 heterocycles. The van der Waals surface area contributed by atoms with Gasteiger partial charge in [-0.15, -0.1) is 0 Å². The molecular formula is C10H11N5O5S. The summed E-state index contributed by atoms with van der Waals surface area (Å²) >= 11 is 0. The van der Waals surface area contributed by atoms with Gasteiger partial charge < -0.3 is 10.3 Å². The third kappa shape index (κ3) is 3.32. The molecule has 3 N–H and O–H groups in total. The highest BCUT2D eigenvalue weighted by Gasteiger charge is 2.27. The summed E-state index contributed by atoms with van der Waals surface area (Å²) in [6, 6.07) is 3.71. The SMILES string of the molecule is Nc1cccc(S(=O)(=O)NCCc2ncon2)c1[N+](=O)[O-]. The lowest BCUT2D eigenvalue weighted by atomic mass is 10.3. The molecule has 0 fully saturated rings. The molecule has 0 radical (unpaired) electrons. The highest BCUT2D eigenvalue weighted by Crippen LogP contribution is 2.29. The van der Waals surface area contributed by atoms with E-state index < -0.39 is 25.5 Å². The van der Waals surface area contributed by atoms with Gasteiger partial charge in [-0.2, -0.15) is 4.98 Å². The molecule has 21 heavy (non-hydrogen) atoms. The normalized spacial score (nSPS) is 11.4. The van der Waals surface area contributed by atoms with E-state index in [0.29, 0.717) is 5.82 Å². The number of rotatable bonds is 6. The zero-order valence-corrected chi connectivity index (χ0v) is 11.4. The van der Waals surface area contributed by atoms with Crippen LogP contribution >= 0.6 is 0 Å². The van der Waals surface area contributed by atoms with Crippen LogP contribution in [0.15, 0.2) is 34.0 Å². The number of hydrogen-bond acceptors (Lipinski definition) is 8. The number of benzene rings is 1. The Morgan fingerprint density at radius 1 is 1.43 bits per heavy atom. The van der Waals surface area contributed by atoms with Crippen LogP contribution in [0.2, 0.25) is 0 Å². The first-order valence-electron chi connectivity index (χ1n) is 5.69. The molecule has 2 aromatic rings. The monoisotopic (exact) mass is 313 g/mol. The maximum atomic E-state index is 12.1. The molecule has 1 aromatic carbocycles. The van der Waals surface area contributed by atoms with E-state index in [-0.39, 0.29) is 18.7 Å². The summed E-state index contributed by atoms with van der Waals surface area (Å²) in [5.74, 6) is 0.319. The number of aromatic nitrogens is 2. The van der Waals surface area contributed by atoms with Gasteiger partial charge in [0, 0.05) is 13.0 Å². The Balaban J connectivity index is 2.20. The number of anilines is 1. The molecule has 0 aliphatic heterocycles. The number of hydrogen-bond donors (Lipinski definition) is 2. The Kier molecular flexibility index (Phi) is 4.14. The van der Waals surface area contributed by atoms with Crippen LogP contribution in [-0.2, 0) is 16.4 Å². The molecule has 0 saturated carbocycles. The van der Waals surface area contributed by atoms with E-state index in [4.69, 9.17) is 5.73 Å². The van der Waals surface area contributed by atoms with Gasteiger partial charge in [0.1, 0.15) is 5.69 Å². The van der Waals surface area contributed by atoms with Gasteiger partial charge in [0.05, 0.1) is 4.92 Å². The number of nitrogens with two attached hydrogens (primary N) is 1. The first-order valence-corrected chi connectivity index (χ1v) is 7.18. The second-order valence-electron chi connectivity index (χ2n) is 3.95. The number of nitrogens with one attached hydrogen (secondary N) is 1. The first kappa shape index (κ1) is 14.9. The highest BCUT2D eigenvalue weighted by molar-refractivity contribution is 7.89. The van der Waals surface area contributed by atoms with Crippen LogP contribution in [0, 0.1) is 10.1 Å². The van der Waals surface area contributed by atoms with Crippen molar-refractivity contribution in [3.05, 3.63) is 40.5 Å². The van der Waals surface area contributed by atoms with Gasteiger partial charge >= 0.3 is 5.69 Å². The van der Waals surface area contributed by atoms with Crippen LogP contribution < -0.4 is 10.5 Å². The van der Waals surface area contributed by atoms with Gasteiger partial charge in [-0.3, -0.25) is 10.1 Å². The van der Waals surface area contributed by atoms with Crippen molar-refractivity contribution in [1.29, 1.82) is 0 Å². The van der Waals surface area contributed by atoms with Gasteiger partial charge in [0.2, 0.25) is 16.4 Å². The molecule has 0 atom stereocenters. The van der Waals surface area contributed by atoms with Crippen LogP contribution in [0.5, 0.6) is 0 Å². The maximum Gasteiger partial charge on any atom is 0.312 e. The van der Waals surface area contributed by atoms with Crippen LogP contribution in [0.3, 0.4) is 0 Å². The summed E-state index contributed by atoms with van der Waals surface area (Å²) in [6.07, 6.45) is 1.30. The Morgan fingerprint density at radius 3 is 2.81 bits per heavy atom. The zero-order valence-electron chi connectivity index (χ0n) is 10.6. The molecule has 0 aliphatic rings. The third-order valence-corrected chi connectivity index (χ3v) is 4.04. The molecule has 0 bridgehead atoms. The molecule has 0 aliphatic carbocycles. The van der Waals surface area contributed by atoms with E-state index in [2.05, 4.69) is 19.4 Å². The van der Waals surface area contributed by atoms with Gasteiger partial charge in [0.25, 0.3) is 0 Å². The van der Waals surface area contributed by atoms with Crippen molar-refractivity contribution in [1.82, 2.24) is 14.9 Å². The fraction of sp³-hybridized carbons (Fsp3) is 0.200. The Morgan fingerprint density at radius 2 is 2.19 bits per heavy atom. The smallest absolute Gasteiger partial charge is 0.312 e. The molecule has 0 saturated heterocycles. The van der Waals surface area contributed by atoms with E-state index in [1.54, 1.807) is 0 Å². The Labute approximate surface area is 119 Å². The molecule has 11 heteroatoms. The molecular weight excluding hydrogens is 302 g/mol. The van der Waals surface area contributed by atoms with Crippen molar-refractivity contribution in [2.24, 2.45) is 0 Å². The van der Waals surface area contributed by atoms with Gasteiger partial charge in [0.15, 0.2) is 10.7 Å². The Bertz CT molecular complexity index is 743. The van der Waals surface area contributed by atoms with E-state index in [9.17, 15) is 18.5 Å². The standard InChI is InChI=1S/C10H11N5O5S/c11-7-2-1-3-8(10(7)15(16)17)21(18,19)13-5-4-9-12-6-20-14-9/h1-3,6,13H,4-5,11H2. The minimum absolute atomic E-state index is 0.0339. The summed E-state index contributed by atoms with van der Waals surface area (Å²) in [5, 5.41) is 14.5. The lowest BCUT2D eigenvalue weighted by Crippen LogP contribution is -2.27. The van der Waals surface area contributed by atoms with Crippen molar-refractivity contribution >= 4 is 21.4 Å². The summed E-state index contributed by atoms with van der Waals surface area (Å²) in [4.78, 5) is 13.4. The van der Waals surface area contributed by atoms with E-state index in [0.717, 1.165) is 12.5 Å². The first-order chi connectivity index (χ1) is 9.92. The predicted molar refractivity (Wildman–Crippen MR) is 70.7 cm³/mol. The van der Waals surface area contributed by atoms with Crippen LogP contribution in [-0.4, -0.2) is 30.0 Å². The number of para-hydroxylation sites is 1. The molecule has 2 rings (SSSR count). The lowest BCUT2D eigenvalue weighted by molar-refractivity contribution is -0.386. The van der Waals surface area contributed by atoms with Crippen molar-refractivity contribution in [2.75, 3.05) is 12.3 Å². The van der Waals surface area contributed by atoms with Gasteiger partial charge in [-0.05, 0) is 12.1 Å². The second kappa shape index (κ2) is 5.85. The van der Waals surface area contributed by atoms with Crippen molar-refractivity contribution in [3.8, 4) is 0 Å².